The van der Waals surface area contributed by atoms with E-state index in [0.717, 1.165) is 6.26 Å². The molecule has 0 saturated carbocycles. The minimum absolute atomic E-state index is 0.0445. The summed E-state index contributed by atoms with van der Waals surface area (Å²) in [5.74, 6) is -0.198. The van der Waals surface area contributed by atoms with Crippen LogP contribution in [0.4, 0.5) is 10.2 Å². The topological polar surface area (TPSA) is 147 Å². The van der Waals surface area contributed by atoms with E-state index in [1.54, 1.807) is 13.8 Å². The molecular weight excluding hydrogens is 461 g/mol. The Labute approximate surface area is 194 Å². The monoisotopic (exact) mass is 481 g/mol. The maximum absolute atomic E-state index is 15.5. The molecule has 0 aliphatic rings. The van der Waals surface area contributed by atoms with Crippen molar-refractivity contribution < 1.29 is 17.5 Å². The molecule has 1 unspecified atom stereocenters. The van der Waals surface area contributed by atoms with E-state index in [2.05, 4.69) is 30.2 Å². The zero-order chi connectivity index (χ0) is 24.5. The van der Waals surface area contributed by atoms with Gasteiger partial charge in [0.2, 0.25) is 0 Å². The summed E-state index contributed by atoms with van der Waals surface area (Å²) in [6, 6.07) is 4.08. The van der Waals surface area contributed by atoms with Gasteiger partial charge < -0.3 is 15.0 Å². The lowest BCUT2D eigenvalue weighted by Gasteiger charge is -2.22. The molecule has 0 aliphatic carbocycles. The smallest absolute Gasteiger partial charge is 0.182 e. The number of H-pyrrole nitrogens is 1. The summed E-state index contributed by atoms with van der Waals surface area (Å²) in [7, 11) is -3.60. The lowest BCUT2D eigenvalue weighted by Crippen LogP contribution is -2.13. The maximum atomic E-state index is 15.5. The van der Waals surface area contributed by atoms with E-state index in [1.807, 2.05) is 6.07 Å². The summed E-state index contributed by atoms with van der Waals surface area (Å²) in [5.41, 5.74) is 1.44. The molecule has 174 valence electrons. The van der Waals surface area contributed by atoms with Gasteiger partial charge in [-0.2, -0.15) is 5.26 Å². The number of halogens is 1. The van der Waals surface area contributed by atoms with Crippen LogP contribution >= 0.6 is 0 Å². The molecule has 0 spiro atoms. The molecule has 0 aliphatic heterocycles. The Morgan fingerprint density at radius 2 is 2.06 bits per heavy atom. The second kappa shape index (κ2) is 9.03. The van der Waals surface area contributed by atoms with Gasteiger partial charge in [0.15, 0.2) is 27.1 Å². The van der Waals surface area contributed by atoms with Crippen molar-refractivity contribution in [3.8, 4) is 22.9 Å². The molecule has 0 saturated heterocycles. The van der Waals surface area contributed by atoms with Crippen LogP contribution in [0.1, 0.15) is 31.0 Å². The Morgan fingerprint density at radius 1 is 1.26 bits per heavy atom. The van der Waals surface area contributed by atoms with Crippen molar-refractivity contribution >= 4 is 26.8 Å². The third kappa shape index (κ3) is 4.25. The number of fused-ring (bicyclic) bond motifs is 1. The van der Waals surface area contributed by atoms with Crippen LogP contribution in [0.5, 0.6) is 5.75 Å². The Kier molecular flexibility index (Phi) is 6.12. The normalized spacial score (nSPS) is 12.3. The van der Waals surface area contributed by atoms with Gasteiger partial charge in [-0.05, 0) is 26.0 Å². The summed E-state index contributed by atoms with van der Waals surface area (Å²) >= 11 is 0. The number of hydrogen-bond donors (Lipinski definition) is 2. The number of nitriles is 1. The van der Waals surface area contributed by atoms with Crippen LogP contribution in [0.15, 0.2) is 42.1 Å². The Hall–Kier alpha value is -4.11. The van der Waals surface area contributed by atoms with Crippen LogP contribution in [0.2, 0.25) is 0 Å². The molecule has 0 radical (unpaired) electrons. The largest absolute Gasteiger partial charge is 0.493 e. The second-order valence-corrected chi connectivity index (χ2v) is 9.46. The highest BCUT2D eigenvalue weighted by Crippen LogP contribution is 2.41. The molecular formula is C22H20FN7O3S. The van der Waals surface area contributed by atoms with Gasteiger partial charge in [0.25, 0.3) is 0 Å². The number of nitrogens with one attached hydrogen (secondary N) is 2. The predicted molar refractivity (Wildman–Crippen MR) is 122 cm³/mol. The predicted octanol–water partition coefficient (Wildman–Crippen LogP) is 3.40. The summed E-state index contributed by atoms with van der Waals surface area (Å²) < 4.78 is 45.4. The van der Waals surface area contributed by atoms with Crippen molar-refractivity contribution in [1.82, 2.24) is 24.9 Å². The highest BCUT2D eigenvalue weighted by molar-refractivity contribution is 7.90. The zero-order valence-electron chi connectivity index (χ0n) is 18.5. The number of ether oxygens (including phenoxy) is 1. The first kappa shape index (κ1) is 23.1. The minimum Gasteiger partial charge on any atom is -0.493 e. The third-order valence-electron chi connectivity index (χ3n) is 5.13. The molecule has 1 aromatic carbocycles. The van der Waals surface area contributed by atoms with E-state index in [9.17, 15) is 13.7 Å². The van der Waals surface area contributed by atoms with Gasteiger partial charge in [-0.3, -0.25) is 4.98 Å². The second-order valence-electron chi connectivity index (χ2n) is 7.45. The van der Waals surface area contributed by atoms with Crippen LogP contribution in [-0.2, 0) is 9.84 Å². The quantitative estimate of drug-likeness (QED) is 0.405. The molecule has 2 N–H and O–H groups in total. The molecule has 3 aromatic heterocycles. The minimum atomic E-state index is -3.60. The average molecular weight is 482 g/mol. The molecule has 0 bridgehead atoms. The van der Waals surface area contributed by atoms with Crippen LogP contribution in [0.25, 0.3) is 22.3 Å². The number of sulfone groups is 1. The number of imidazole rings is 1. The van der Waals surface area contributed by atoms with Crippen LogP contribution < -0.4 is 10.1 Å². The maximum Gasteiger partial charge on any atom is 0.182 e. The lowest BCUT2D eigenvalue weighted by molar-refractivity contribution is 0.335. The molecule has 1 atom stereocenters. The fourth-order valence-electron chi connectivity index (χ4n) is 3.54. The van der Waals surface area contributed by atoms with Crippen LogP contribution in [0, 0.1) is 17.1 Å². The van der Waals surface area contributed by atoms with E-state index in [-0.39, 0.29) is 33.9 Å². The molecule has 34 heavy (non-hydrogen) atoms. The van der Waals surface area contributed by atoms with Gasteiger partial charge in [-0.1, -0.05) is 0 Å². The number of aromatic nitrogens is 5. The van der Waals surface area contributed by atoms with Gasteiger partial charge >= 0.3 is 0 Å². The first-order valence-corrected chi connectivity index (χ1v) is 12.1. The van der Waals surface area contributed by atoms with Crippen molar-refractivity contribution in [2.24, 2.45) is 0 Å². The number of benzene rings is 1. The SMILES string of the molecule is CCOc1c(C(C)Nc2ncnc3nc[nH]c23)cc(C#N)c(F)c1-c1cncc(S(C)(=O)=O)c1. The number of hydrogen-bond acceptors (Lipinski definition) is 9. The van der Waals surface area contributed by atoms with Gasteiger partial charge in [-0.25, -0.2) is 27.8 Å². The summed E-state index contributed by atoms with van der Waals surface area (Å²) in [6.07, 6.45) is 6.40. The summed E-state index contributed by atoms with van der Waals surface area (Å²) in [6.45, 7) is 3.75. The van der Waals surface area contributed by atoms with Gasteiger partial charge in [0, 0.05) is 29.8 Å². The number of aromatic amines is 1. The standard InChI is InChI=1S/C22H20FN7O3S/c1-4-33-20-16(12(2)30-22-19-21(27-10-26-19)28-11-29-22)6-13(7-24)18(23)17(20)14-5-15(9-25-8-14)34(3,31)32/h5-6,8-12H,4H2,1-3H3,(H2,26,27,28,29,30). The molecule has 4 rings (SSSR count). The van der Waals surface area contributed by atoms with Gasteiger partial charge in [-0.15, -0.1) is 0 Å². The molecule has 12 heteroatoms. The highest BCUT2D eigenvalue weighted by Gasteiger charge is 2.25. The fraction of sp³-hybridized carbons (Fsp3) is 0.227. The van der Waals surface area contributed by atoms with Gasteiger partial charge in [0.1, 0.15) is 23.7 Å². The Bertz CT molecular complexity index is 1530. The van der Waals surface area contributed by atoms with Crippen molar-refractivity contribution in [1.29, 1.82) is 5.26 Å². The molecule has 0 amide bonds. The van der Waals surface area contributed by atoms with Crippen molar-refractivity contribution in [2.45, 2.75) is 24.8 Å². The molecule has 0 fully saturated rings. The van der Waals surface area contributed by atoms with Crippen molar-refractivity contribution in [3.05, 3.63) is 54.1 Å². The van der Waals surface area contributed by atoms with E-state index in [4.69, 9.17) is 4.74 Å². The van der Waals surface area contributed by atoms with Crippen molar-refractivity contribution in [2.75, 3.05) is 18.2 Å². The van der Waals surface area contributed by atoms with E-state index >= 15 is 4.39 Å². The molecule has 3 heterocycles. The van der Waals surface area contributed by atoms with E-state index < -0.39 is 21.7 Å². The highest BCUT2D eigenvalue weighted by atomic mass is 32.2. The molecule has 4 aromatic rings. The van der Waals surface area contributed by atoms with E-state index in [0.29, 0.717) is 22.5 Å². The lowest BCUT2D eigenvalue weighted by atomic mass is 9.95. The van der Waals surface area contributed by atoms with Crippen LogP contribution in [0.3, 0.4) is 0 Å². The average Bonchev–Trinajstić information content (AvgIpc) is 3.29. The number of nitrogens with zero attached hydrogens (tertiary/aromatic N) is 5. The number of pyridine rings is 1. The zero-order valence-corrected chi connectivity index (χ0v) is 19.3. The first-order valence-electron chi connectivity index (χ1n) is 10.2. The van der Waals surface area contributed by atoms with Crippen LogP contribution in [-0.4, -0.2) is 46.2 Å². The Morgan fingerprint density at radius 3 is 2.76 bits per heavy atom. The van der Waals surface area contributed by atoms with E-state index in [1.165, 1.54) is 37.2 Å². The number of anilines is 1. The number of rotatable bonds is 7. The fourth-order valence-corrected chi connectivity index (χ4v) is 4.13. The summed E-state index contributed by atoms with van der Waals surface area (Å²) in [5, 5.41) is 12.8. The summed E-state index contributed by atoms with van der Waals surface area (Å²) in [4.78, 5) is 19.3. The first-order chi connectivity index (χ1) is 16.2. The van der Waals surface area contributed by atoms with Gasteiger partial charge in [0.05, 0.1) is 35.0 Å². The third-order valence-corrected chi connectivity index (χ3v) is 6.21. The Balaban J connectivity index is 1.90. The molecule has 10 nitrogen and oxygen atoms in total. The van der Waals surface area contributed by atoms with Crippen molar-refractivity contribution in [3.63, 3.8) is 0 Å².